The van der Waals surface area contributed by atoms with Crippen LogP contribution in [0.4, 0.5) is 6.01 Å². The fourth-order valence-electron chi connectivity index (χ4n) is 1.60. The first-order chi connectivity index (χ1) is 5.36. The molecule has 0 aliphatic heterocycles. The van der Waals surface area contributed by atoms with Gasteiger partial charge in [0.2, 0.25) is 0 Å². The first-order valence-corrected chi connectivity index (χ1v) is 3.95. The van der Waals surface area contributed by atoms with Gasteiger partial charge in [0.05, 0.1) is 0 Å². The van der Waals surface area contributed by atoms with E-state index < -0.39 is 0 Å². The molecule has 0 atom stereocenters. The number of rotatable bonds is 1. The Balaban J connectivity index is 2.15. The summed E-state index contributed by atoms with van der Waals surface area (Å²) in [5.74, 6) is 1.29. The molecule has 1 heterocycles. The highest BCUT2D eigenvalue weighted by Crippen LogP contribution is 2.32. The lowest BCUT2D eigenvalue weighted by Crippen LogP contribution is -1.94. The van der Waals surface area contributed by atoms with Crippen molar-refractivity contribution in [2.75, 3.05) is 5.73 Å². The van der Waals surface area contributed by atoms with Crippen LogP contribution >= 0.6 is 0 Å². The van der Waals surface area contributed by atoms with Gasteiger partial charge in [0.25, 0.3) is 0 Å². The Kier molecular flexibility index (Phi) is 1.52. The van der Waals surface area contributed by atoms with Crippen molar-refractivity contribution in [1.82, 2.24) is 10.1 Å². The van der Waals surface area contributed by atoms with Crippen molar-refractivity contribution in [3.8, 4) is 0 Å². The molecule has 1 saturated carbocycles. The Morgan fingerprint density at radius 2 is 2.09 bits per heavy atom. The topological polar surface area (TPSA) is 64.9 Å². The number of nitrogens with two attached hydrogens (primary N) is 1. The molecule has 11 heavy (non-hydrogen) atoms. The highest BCUT2D eigenvalue weighted by molar-refractivity contribution is 5.10. The smallest absolute Gasteiger partial charge is 0.318 e. The number of hydrogen-bond donors (Lipinski definition) is 1. The van der Waals surface area contributed by atoms with Crippen molar-refractivity contribution in [2.24, 2.45) is 0 Å². The van der Waals surface area contributed by atoms with Crippen molar-refractivity contribution in [1.29, 1.82) is 0 Å². The minimum Gasteiger partial charge on any atom is -0.351 e. The van der Waals surface area contributed by atoms with Crippen LogP contribution in [0.25, 0.3) is 0 Å². The third kappa shape index (κ3) is 1.20. The van der Waals surface area contributed by atoms with Gasteiger partial charge in [0, 0.05) is 5.92 Å². The van der Waals surface area contributed by atoms with E-state index in [-0.39, 0.29) is 6.01 Å². The number of hydrogen-bond acceptors (Lipinski definition) is 4. The fourth-order valence-corrected chi connectivity index (χ4v) is 1.60. The van der Waals surface area contributed by atoms with Crippen LogP contribution in [0.1, 0.15) is 37.4 Å². The number of aromatic nitrogens is 2. The highest BCUT2D eigenvalue weighted by atomic mass is 16.5. The summed E-state index contributed by atoms with van der Waals surface area (Å²) in [6.45, 7) is 0. The second-order valence-electron chi connectivity index (χ2n) is 2.97. The summed E-state index contributed by atoms with van der Waals surface area (Å²) >= 11 is 0. The van der Waals surface area contributed by atoms with E-state index in [1.807, 2.05) is 0 Å². The van der Waals surface area contributed by atoms with E-state index in [0.29, 0.717) is 5.92 Å². The normalized spacial score (nSPS) is 19.3. The Bertz CT molecular complexity index is 240. The SMILES string of the molecule is Nc1nc(C2CCCC2)no1. The van der Waals surface area contributed by atoms with Crippen LogP contribution in [0.5, 0.6) is 0 Å². The lowest BCUT2D eigenvalue weighted by molar-refractivity contribution is 0.419. The van der Waals surface area contributed by atoms with Crippen LogP contribution in [0.15, 0.2) is 4.52 Å². The van der Waals surface area contributed by atoms with Crippen molar-refractivity contribution >= 4 is 6.01 Å². The van der Waals surface area contributed by atoms with Gasteiger partial charge in [-0.3, -0.25) is 0 Å². The first-order valence-electron chi connectivity index (χ1n) is 3.95. The Labute approximate surface area is 64.8 Å². The molecule has 0 aromatic carbocycles. The lowest BCUT2D eigenvalue weighted by atomic mass is 10.1. The molecule has 1 aromatic heterocycles. The monoisotopic (exact) mass is 153 g/mol. The summed E-state index contributed by atoms with van der Waals surface area (Å²) in [7, 11) is 0. The third-order valence-electron chi connectivity index (χ3n) is 2.18. The summed E-state index contributed by atoms with van der Waals surface area (Å²) in [5.41, 5.74) is 5.31. The van der Waals surface area contributed by atoms with Gasteiger partial charge in [-0.1, -0.05) is 18.0 Å². The molecule has 1 fully saturated rings. The maximum atomic E-state index is 5.31. The lowest BCUT2D eigenvalue weighted by Gasteiger charge is -1.98. The van der Waals surface area contributed by atoms with Crippen molar-refractivity contribution in [2.45, 2.75) is 31.6 Å². The summed E-state index contributed by atoms with van der Waals surface area (Å²) in [6, 6.07) is 0.187. The predicted octanol–water partition coefficient (Wildman–Crippen LogP) is 1.31. The van der Waals surface area contributed by atoms with Gasteiger partial charge in [0.15, 0.2) is 5.82 Å². The molecular weight excluding hydrogens is 142 g/mol. The van der Waals surface area contributed by atoms with Crippen LogP contribution in [-0.2, 0) is 0 Å². The van der Waals surface area contributed by atoms with E-state index in [1.165, 1.54) is 25.7 Å². The predicted molar refractivity (Wildman–Crippen MR) is 39.9 cm³/mol. The Morgan fingerprint density at radius 1 is 1.36 bits per heavy atom. The van der Waals surface area contributed by atoms with E-state index in [2.05, 4.69) is 10.1 Å². The summed E-state index contributed by atoms with van der Waals surface area (Å²) in [5, 5.41) is 3.79. The molecular formula is C7H11N3O. The van der Waals surface area contributed by atoms with Crippen LogP contribution in [0.2, 0.25) is 0 Å². The van der Waals surface area contributed by atoms with Crippen molar-refractivity contribution in [3.63, 3.8) is 0 Å². The van der Waals surface area contributed by atoms with Gasteiger partial charge in [-0.15, -0.1) is 0 Å². The largest absolute Gasteiger partial charge is 0.351 e. The molecule has 2 N–H and O–H groups in total. The van der Waals surface area contributed by atoms with Crippen molar-refractivity contribution < 1.29 is 4.52 Å². The number of nitrogens with zero attached hydrogens (tertiary/aromatic N) is 2. The molecule has 4 nitrogen and oxygen atoms in total. The second-order valence-corrected chi connectivity index (χ2v) is 2.97. The van der Waals surface area contributed by atoms with E-state index in [4.69, 9.17) is 10.3 Å². The van der Waals surface area contributed by atoms with Crippen molar-refractivity contribution in [3.05, 3.63) is 5.82 Å². The number of nitrogen functional groups attached to an aromatic ring is 1. The maximum absolute atomic E-state index is 5.31. The quantitative estimate of drug-likeness (QED) is 0.660. The van der Waals surface area contributed by atoms with Gasteiger partial charge in [-0.2, -0.15) is 4.98 Å². The molecule has 60 valence electrons. The zero-order valence-corrected chi connectivity index (χ0v) is 6.29. The molecule has 0 saturated heterocycles. The van der Waals surface area contributed by atoms with Gasteiger partial charge in [-0.25, -0.2) is 0 Å². The van der Waals surface area contributed by atoms with Crippen LogP contribution in [0, 0.1) is 0 Å². The molecule has 1 aliphatic carbocycles. The van der Waals surface area contributed by atoms with Gasteiger partial charge in [-0.05, 0) is 12.8 Å². The third-order valence-corrected chi connectivity index (χ3v) is 2.18. The minimum atomic E-state index is 0.187. The molecule has 4 heteroatoms. The zero-order chi connectivity index (χ0) is 7.68. The molecule has 0 amide bonds. The summed E-state index contributed by atoms with van der Waals surface area (Å²) in [6.07, 6.45) is 4.91. The molecule has 0 bridgehead atoms. The highest BCUT2D eigenvalue weighted by Gasteiger charge is 2.21. The van der Waals surface area contributed by atoms with Crippen LogP contribution in [-0.4, -0.2) is 10.1 Å². The standard InChI is InChI=1S/C7H11N3O/c8-7-9-6(10-11-7)5-3-1-2-4-5/h5H,1-4H2,(H2,8,9,10). The Hall–Kier alpha value is -1.06. The van der Waals surface area contributed by atoms with E-state index in [1.54, 1.807) is 0 Å². The molecule has 2 rings (SSSR count). The molecule has 0 spiro atoms. The average molecular weight is 153 g/mol. The van der Waals surface area contributed by atoms with Gasteiger partial charge < -0.3 is 10.3 Å². The number of anilines is 1. The fraction of sp³-hybridized carbons (Fsp3) is 0.714. The first kappa shape index (κ1) is 6.64. The average Bonchev–Trinajstić information content (AvgIpc) is 2.55. The second kappa shape index (κ2) is 2.53. The molecule has 1 aromatic rings. The van der Waals surface area contributed by atoms with E-state index >= 15 is 0 Å². The van der Waals surface area contributed by atoms with E-state index in [0.717, 1.165) is 5.82 Å². The summed E-state index contributed by atoms with van der Waals surface area (Å²) in [4.78, 5) is 3.99. The van der Waals surface area contributed by atoms with Gasteiger partial charge in [0.1, 0.15) is 0 Å². The molecule has 0 radical (unpaired) electrons. The maximum Gasteiger partial charge on any atom is 0.318 e. The van der Waals surface area contributed by atoms with Crippen LogP contribution < -0.4 is 5.73 Å². The minimum absolute atomic E-state index is 0.187. The van der Waals surface area contributed by atoms with E-state index in [9.17, 15) is 0 Å². The zero-order valence-electron chi connectivity index (χ0n) is 6.29. The summed E-state index contributed by atoms with van der Waals surface area (Å²) < 4.78 is 4.69. The molecule has 1 aliphatic rings. The Morgan fingerprint density at radius 3 is 2.64 bits per heavy atom. The van der Waals surface area contributed by atoms with Gasteiger partial charge >= 0.3 is 6.01 Å². The van der Waals surface area contributed by atoms with Crippen LogP contribution in [0.3, 0.4) is 0 Å². The molecule has 0 unspecified atom stereocenters.